The third-order valence-corrected chi connectivity index (χ3v) is 6.26. The summed E-state index contributed by atoms with van der Waals surface area (Å²) in [5.74, 6) is 1.64. The molecule has 10 nitrogen and oxygen atoms in total. The molecule has 0 spiro atoms. The Morgan fingerprint density at radius 1 is 1.21 bits per heavy atom. The number of carbonyl (C=O) groups excluding carboxylic acids is 1. The number of fused-ring (bicyclic) bond motifs is 2. The Balaban J connectivity index is 1.55. The molecule has 170 valence electrons. The van der Waals surface area contributed by atoms with Crippen LogP contribution in [0.1, 0.15) is 25.5 Å². The van der Waals surface area contributed by atoms with Crippen molar-refractivity contribution in [1.82, 2.24) is 29.8 Å². The first kappa shape index (κ1) is 21.2. The fourth-order valence-corrected chi connectivity index (χ4v) is 4.44. The van der Waals surface area contributed by atoms with Gasteiger partial charge in [0.25, 0.3) is 0 Å². The van der Waals surface area contributed by atoms with Crippen molar-refractivity contribution in [2.45, 2.75) is 19.9 Å². The summed E-state index contributed by atoms with van der Waals surface area (Å²) in [6.07, 6.45) is 1.56. The summed E-state index contributed by atoms with van der Waals surface area (Å²) in [5, 5.41) is 5.00. The molecular weight excluding hydrogens is 442 g/mol. The Labute approximate surface area is 195 Å². The number of imidazole rings is 1. The molecule has 4 heterocycles. The van der Waals surface area contributed by atoms with Crippen LogP contribution in [0.4, 0.5) is 17.6 Å². The molecule has 4 aromatic rings. The zero-order valence-electron chi connectivity index (χ0n) is 18.3. The fraction of sp³-hybridized carbons (Fsp3) is 0.318. The molecule has 0 unspecified atom stereocenters. The third kappa shape index (κ3) is 3.97. The van der Waals surface area contributed by atoms with Crippen LogP contribution < -0.4 is 16.0 Å². The average molecular weight is 466 g/mol. The number of nitrogen functional groups attached to an aromatic ring is 1. The number of nitrogens with zero attached hydrogens (tertiary/aromatic N) is 6. The van der Waals surface area contributed by atoms with Gasteiger partial charge in [-0.1, -0.05) is 23.7 Å². The molecule has 1 atom stereocenters. The van der Waals surface area contributed by atoms with Crippen LogP contribution in [0, 0.1) is 0 Å². The summed E-state index contributed by atoms with van der Waals surface area (Å²) in [6, 6.07) is 7.69. The van der Waals surface area contributed by atoms with E-state index in [9.17, 15) is 4.79 Å². The molecule has 1 aromatic carbocycles. The van der Waals surface area contributed by atoms with Crippen LogP contribution >= 0.6 is 11.6 Å². The van der Waals surface area contributed by atoms with Gasteiger partial charge in [-0.05, 0) is 19.1 Å². The second-order valence-electron chi connectivity index (χ2n) is 8.10. The number of carbonyl (C=O) groups is 1. The zero-order chi connectivity index (χ0) is 23.1. The van der Waals surface area contributed by atoms with E-state index in [0.29, 0.717) is 48.2 Å². The van der Waals surface area contributed by atoms with Gasteiger partial charge in [-0.3, -0.25) is 4.79 Å². The van der Waals surface area contributed by atoms with Gasteiger partial charge in [0.1, 0.15) is 11.3 Å². The molecule has 3 aromatic heterocycles. The number of halogens is 1. The highest BCUT2D eigenvalue weighted by molar-refractivity contribution is 6.35. The van der Waals surface area contributed by atoms with Crippen molar-refractivity contribution < 1.29 is 4.79 Å². The smallest absolute Gasteiger partial charge is 0.224 e. The van der Waals surface area contributed by atoms with Crippen molar-refractivity contribution in [2.75, 3.05) is 42.1 Å². The van der Waals surface area contributed by atoms with Gasteiger partial charge < -0.3 is 25.8 Å². The number of H-pyrrole nitrogens is 1. The van der Waals surface area contributed by atoms with E-state index < -0.39 is 0 Å². The maximum atomic E-state index is 11.8. The lowest BCUT2D eigenvalue weighted by Gasteiger charge is -2.36. The summed E-state index contributed by atoms with van der Waals surface area (Å²) in [5.41, 5.74) is 8.82. The van der Waals surface area contributed by atoms with E-state index in [-0.39, 0.29) is 17.9 Å². The number of para-hydroxylation sites is 1. The lowest BCUT2D eigenvalue weighted by molar-refractivity contribution is -0.129. The minimum Gasteiger partial charge on any atom is -0.368 e. The van der Waals surface area contributed by atoms with Gasteiger partial charge in [-0.15, -0.1) is 0 Å². The van der Waals surface area contributed by atoms with Crippen LogP contribution in [0.5, 0.6) is 0 Å². The van der Waals surface area contributed by atoms with Crippen molar-refractivity contribution in [3.8, 4) is 0 Å². The number of nitrogens with one attached hydrogen (secondary N) is 2. The summed E-state index contributed by atoms with van der Waals surface area (Å²) >= 11 is 6.47. The first-order chi connectivity index (χ1) is 15.9. The highest BCUT2D eigenvalue weighted by Crippen LogP contribution is 2.34. The molecule has 5 rings (SSSR count). The van der Waals surface area contributed by atoms with Crippen molar-refractivity contribution in [3.05, 3.63) is 41.2 Å². The topological polar surface area (TPSA) is 129 Å². The van der Waals surface area contributed by atoms with Gasteiger partial charge in [0.05, 0.1) is 22.9 Å². The van der Waals surface area contributed by atoms with Gasteiger partial charge in [0.2, 0.25) is 11.9 Å². The Morgan fingerprint density at radius 2 is 2.00 bits per heavy atom. The molecule has 0 radical (unpaired) electrons. The summed E-state index contributed by atoms with van der Waals surface area (Å²) < 4.78 is 0. The number of aromatic nitrogens is 5. The fourth-order valence-electron chi connectivity index (χ4n) is 4.21. The SMILES string of the molecule is CC(=O)N1CCN(c2nc3c(Cl)cccc3cc2[C@H](C)Nc2nc(N)nc3nc[nH]c23)CC1. The van der Waals surface area contributed by atoms with E-state index >= 15 is 0 Å². The lowest BCUT2D eigenvalue weighted by atomic mass is 10.0. The van der Waals surface area contributed by atoms with Gasteiger partial charge in [-0.2, -0.15) is 9.97 Å². The largest absolute Gasteiger partial charge is 0.368 e. The van der Waals surface area contributed by atoms with Crippen LogP contribution in [0.2, 0.25) is 5.02 Å². The van der Waals surface area contributed by atoms with Crippen LogP contribution in [0.15, 0.2) is 30.6 Å². The number of hydrogen-bond acceptors (Lipinski definition) is 8. The van der Waals surface area contributed by atoms with E-state index in [4.69, 9.17) is 22.3 Å². The first-order valence-electron chi connectivity index (χ1n) is 10.7. The van der Waals surface area contributed by atoms with Gasteiger partial charge >= 0.3 is 0 Å². The second kappa shape index (κ2) is 8.36. The lowest BCUT2D eigenvalue weighted by Crippen LogP contribution is -2.48. The maximum Gasteiger partial charge on any atom is 0.224 e. The number of benzene rings is 1. The zero-order valence-corrected chi connectivity index (χ0v) is 19.1. The Kier molecular flexibility index (Phi) is 5.37. The molecule has 1 aliphatic rings. The molecule has 33 heavy (non-hydrogen) atoms. The number of hydrogen-bond donors (Lipinski definition) is 3. The standard InChI is InChI=1S/C22H24ClN9O/c1-12(27-20-18-19(26-11-25-18)29-22(24)30-20)15-10-14-4-3-5-16(23)17(14)28-21(15)32-8-6-31(7-9-32)13(2)33/h3-5,10-12H,6-9H2,1-2H3,(H4,24,25,26,27,29,30)/t12-/m0/s1. The Morgan fingerprint density at radius 3 is 2.76 bits per heavy atom. The van der Waals surface area contributed by atoms with E-state index in [1.54, 1.807) is 13.3 Å². The molecule has 1 saturated heterocycles. The Bertz CT molecular complexity index is 1350. The maximum absolute atomic E-state index is 11.8. The van der Waals surface area contributed by atoms with Gasteiger partial charge in [0.15, 0.2) is 11.5 Å². The molecule has 11 heteroatoms. The number of aromatic amines is 1. The summed E-state index contributed by atoms with van der Waals surface area (Å²) in [7, 11) is 0. The van der Waals surface area contributed by atoms with Crippen molar-refractivity contribution >= 4 is 57.2 Å². The monoisotopic (exact) mass is 465 g/mol. The molecular formula is C22H24ClN9O. The van der Waals surface area contributed by atoms with Crippen LogP contribution in [-0.4, -0.2) is 61.9 Å². The number of nitrogens with two attached hydrogens (primary N) is 1. The van der Waals surface area contributed by atoms with Crippen molar-refractivity contribution in [1.29, 1.82) is 0 Å². The van der Waals surface area contributed by atoms with Gasteiger partial charge in [-0.25, -0.2) is 9.97 Å². The molecule has 1 amide bonds. The molecule has 0 bridgehead atoms. The highest BCUT2D eigenvalue weighted by Gasteiger charge is 2.25. The highest BCUT2D eigenvalue weighted by atomic mass is 35.5. The third-order valence-electron chi connectivity index (χ3n) is 5.95. The van der Waals surface area contributed by atoms with Crippen molar-refractivity contribution in [2.24, 2.45) is 0 Å². The van der Waals surface area contributed by atoms with Crippen LogP contribution in [0.25, 0.3) is 22.1 Å². The molecule has 0 saturated carbocycles. The number of rotatable bonds is 4. The second-order valence-corrected chi connectivity index (χ2v) is 8.51. The van der Waals surface area contributed by atoms with Gasteiger partial charge in [0, 0.05) is 44.1 Å². The minimum absolute atomic E-state index is 0.0874. The van der Waals surface area contributed by atoms with Crippen molar-refractivity contribution in [3.63, 3.8) is 0 Å². The molecule has 1 aliphatic heterocycles. The predicted molar refractivity (Wildman–Crippen MR) is 129 cm³/mol. The molecule has 1 fully saturated rings. The van der Waals surface area contributed by atoms with E-state index in [0.717, 1.165) is 22.3 Å². The normalized spacial score (nSPS) is 15.2. The predicted octanol–water partition coefficient (Wildman–Crippen LogP) is 2.98. The van der Waals surface area contributed by atoms with E-state index in [1.165, 1.54) is 0 Å². The van der Waals surface area contributed by atoms with E-state index in [2.05, 4.69) is 36.2 Å². The summed E-state index contributed by atoms with van der Waals surface area (Å²) in [6.45, 7) is 6.32. The number of amides is 1. The number of pyridine rings is 1. The quantitative estimate of drug-likeness (QED) is 0.419. The number of piperazine rings is 1. The molecule has 0 aliphatic carbocycles. The average Bonchev–Trinajstić information content (AvgIpc) is 3.27. The van der Waals surface area contributed by atoms with E-state index in [1.807, 2.05) is 30.0 Å². The summed E-state index contributed by atoms with van der Waals surface area (Å²) in [4.78, 5) is 36.6. The number of anilines is 3. The van der Waals surface area contributed by atoms with Crippen LogP contribution in [-0.2, 0) is 4.79 Å². The van der Waals surface area contributed by atoms with Crippen LogP contribution in [0.3, 0.4) is 0 Å². The minimum atomic E-state index is -0.164. The Hall–Kier alpha value is -3.66. The first-order valence-corrected chi connectivity index (χ1v) is 11.1. The molecule has 4 N–H and O–H groups in total.